The average Bonchev–Trinajstić information content (AvgIpc) is 2.04. The van der Waals surface area contributed by atoms with Crippen molar-refractivity contribution in [2.75, 3.05) is 0 Å². The lowest BCUT2D eigenvalue weighted by Gasteiger charge is -2.08. The Hall–Kier alpha value is -1.08. The number of hydrogen-bond donors (Lipinski definition) is 1. The highest BCUT2D eigenvalue weighted by molar-refractivity contribution is 5.52. The van der Waals surface area contributed by atoms with E-state index in [4.69, 9.17) is 5.73 Å². The molecule has 0 saturated carbocycles. The monoisotopic (exact) mass is 147 g/mol. The lowest BCUT2D eigenvalue weighted by atomic mass is 10.0. The zero-order valence-electron chi connectivity index (χ0n) is 6.75. The van der Waals surface area contributed by atoms with Crippen molar-refractivity contribution in [2.24, 2.45) is 5.73 Å². The predicted molar refractivity (Wildman–Crippen MR) is 49.1 cm³/mol. The first-order valence-electron chi connectivity index (χ1n) is 3.72. The third-order valence-electron chi connectivity index (χ3n) is 1.71. The molecule has 1 rings (SSSR count). The molecule has 0 radical (unpaired) electrons. The number of nitrogens with two attached hydrogens (primary N) is 1. The van der Waals surface area contributed by atoms with Gasteiger partial charge in [0.1, 0.15) is 0 Å². The van der Waals surface area contributed by atoms with Gasteiger partial charge >= 0.3 is 0 Å². The highest BCUT2D eigenvalue weighted by Gasteiger charge is 2.01. The van der Waals surface area contributed by atoms with Gasteiger partial charge in [0.15, 0.2) is 0 Å². The molecular weight excluding hydrogens is 134 g/mol. The summed E-state index contributed by atoms with van der Waals surface area (Å²) < 4.78 is 0. The summed E-state index contributed by atoms with van der Waals surface area (Å²) in [7, 11) is 0. The Balaban J connectivity index is 3.12. The number of hydrogen-bond acceptors (Lipinski definition) is 1. The molecule has 0 amide bonds. The second kappa shape index (κ2) is 3.35. The van der Waals surface area contributed by atoms with Crippen LogP contribution in [-0.4, -0.2) is 0 Å². The highest BCUT2D eigenvalue weighted by Crippen LogP contribution is 2.15. The normalized spacial score (nSPS) is 12.5. The SMILES string of the molecule is C=Cc1ccccc1C(C)N. The van der Waals surface area contributed by atoms with Crippen LogP contribution in [0.4, 0.5) is 0 Å². The largest absolute Gasteiger partial charge is 0.324 e. The molecule has 1 aromatic rings. The van der Waals surface area contributed by atoms with Crippen LogP contribution in [0.3, 0.4) is 0 Å². The Morgan fingerprint density at radius 3 is 2.55 bits per heavy atom. The van der Waals surface area contributed by atoms with Gasteiger partial charge in [-0.25, -0.2) is 0 Å². The molecule has 1 aromatic carbocycles. The van der Waals surface area contributed by atoms with Crippen molar-refractivity contribution in [2.45, 2.75) is 13.0 Å². The van der Waals surface area contributed by atoms with E-state index in [0.29, 0.717) is 0 Å². The van der Waals surface area contributed by atoms with E-state index in [-0.39, 0.29) is 6.04 Å². The molecule has 0 bridgehead atoms. The molecule has 0 aliphatic carbocycles. The summed E-state index contributed by atoms with van der Waals surface area (Å²) in [6.07, 6.45) is 1.83. The summed E-state index contributed by atoms with van der Waals surface area (Å²) in [5, 5.41) is 0. The van der Waals surface area contributed by atoms with Crippen molar-refractivity contribution in [3.63, 3.8) is 0 Å². The summed E-state index contributed by atoms with van der Waals surface area (Å²) in [6.45, 7) is 5.69. The molecule has 1 heteroatoms. The highest BCUT2D eigenvalue weighted by atomic mass is 14.6. The molecule has 0 aliphatic heterocycles. The van der Waals surface area contributed by atoms with E-state index >= 15 is 0 Å². The molecule has 2 N–H and O–H groups in total. The third-order valence-corrected chi connectivity index (χ3v) is 1.71. The zero-order chi connectivity index (χ0) is 8.27. The van der Waals surface area contributed by atoms with Gasteiger partial charge in [0.2, 0.25) is 0 Å². The average molecular weight is 147 g/mol. The van der Waals surface area contributed by atoms with Gasteiger partial charge in [-0.2, -0.15) is 0 Å². The van der Waals surface area contributed by atoms with Gasteiger partial charge in [-0.05, 0) is 18.1 Å². The van der Waals surface area contributed by atoms with Gasteiger partial charge in [-0.3, -0.25) is 0 Å². The zero-order valence-corrected chi connectivity index (χ0v) is 6.75. The summed E-state index contributed by atoms with van der Waals surface area (Å²) in [5.41, 5.74) is 8.02. The molecule has 11 heavy (non-hydrogen) atoms. The van der Waals surface area contributed by atoms with Crippen LogP contribution in [0.2, 0.25) is 0 Å². The van der Waals surface area contributed by atoms with Crippen LogP contribution in [0.5, 0.6) is 0 Å². The van der Waals surface area contributed by atoms with Crippen molar-refractivity contribution < 1.29 is 0 Å². The summed E-state index contributed by atoms with van der Waals surface area (Å²) in [6, 6.07) is 8.12. The quantitative estimate of drug-likeness (QED) is 0.682. The molecule has 0 saturated heterocycles. The van der Waals surface area contributed by atoms with Gasteiger partial charge in [0.05, 0.1) is 0 Å². The molecule has 1 unspecified atom stereocenters. The van der Waals surface area contributed by atoms with Crippen molar-refractivity contribution in [1.29, 1.82) is 0 Å². The Labute approximate surface area is 67.5 Å². The minimum absolute atomic E-state index is 0.0872. The second-order valence-electron chi connectivity index (χ2n) is 2.62. The van der Waals surface area contributed by atoms with Crippen molar-refractivity contribution in [3.05, 3.63) is 42.0 Å². The maximum Gasteiger partial charge on any atom is 0.0272 e. The van der Waals surface area contributed by atoms with Crippen molar-refractivity contribution >= 4 is 6.08 Å². The van der Waals surface area contributed by atoms with Crippen LogP contribution in [0, 0.1) is 0 Å². The predicted octanol–water partition coefficient (Wildman–Crippen LogP) is 2.35. The molecular formula is C10H13N. The lowest BCUT2D eigenvalue weighted by Crippen LogP contribution is -2.06. The van der Waals surface area contributed by atoms with E-state index in [9.17, 15) is 0 Å². The fourth-order valence-electron chi connectivity index (χ4n) is 1.11. The van der Waals surface area contributed by atoms with Gasteiger partial charge in [0.25, 0.3) is 0 Å². The van der Waals surface area contributed by atoms with Crippen LogP contribution in [0.25, 0.3) is 6.08 Å². The minimum atomic E-state index is 0.0872. The maximum absolute atomic E-state index is 5.74. The fraction of sp³-hybridized carbons (Fsp3) is 0.200. The van der Waals surface area contributed by atoms with E-state index in [0.717, 1.165) is 11.1 Å². The molecule has 0 spiro atoms. The minimum Gasteiger partial charge on any atom is -0.324 e. The van der Waals surface area contributed by atoms with Crippen LogP contribution in [-0.2, 0) is 0 Å². The van der Waals surface area contributed by atoms with Crippen LogP contribution in [0.1, 0.15) is 24.1 Å². The van der Waals surface area contributed by atoms with Gasteiger partial charge < -0.3 is 5.73 Å². The van der Waals surface area contributed by atoms with E-state index in [1.54, 1.807) is 0 Å². The van der Waals surface area contributed by atoms with Crippen LogP contribution >= 0.6 is 0 Å². The number of rotatable bonds is 2. The molecule has 1 nitrogen and oxygen atoms in total. The first-order chi connectivity index (χ1) is 5.25. The van der Waals surface area contributed by atoms with Gasteiger partial charge in [0, 0.05) is 6.04 Å². The molecule has 1 atom stereocenters. The lowest BCUT2D eigenvalue weighted by molar-refractivity contribution is 0.816. The van der Waals surface area contributed by atoms with Crippen LogP contribution in [0.15, 0.2) is 30.8 Å². The maximum atomic E-state index is 5.74. The second-order valence-corrected chi connectivity index (χ2v) is 2.62. The van der Waals surface area contributed by atoms with E-state index in [2.05, 4.69) is 6.58 Å². The smallest absolute Gasteiger partial charge is 0.0272 e. The van der Waals surface area contributed by atoms with Crippen LogP contribution < -0.4 is 5.73 Å². The Kier molecular flexibility index (Phi) is 2.44. The summed E-state index contributed by atoms with van der Waals surface area (Å²) in [4.78, 5) is 0. The Bertz CT molecular complexity index is 251. The molecule has 0 aliphatic rings. The van der Waals surface area contributed by atoms with Crippen molar-refractivity contribution in [1.82, 2.24) is 0 Å². The Morgan fingerprint density at radius 2 is 2.09 bits per heavy atom. The standard InChI is InChI=1S/C10H13N/c1-3-9-6-4-5-7-10(9)8(2)11/h3-8H,1,11H2,2H3. The first-order valence-corrected chi connectivity index (χ1v) is 3.72. The van der Waals surface area contributed by atoms with E-state index in [1.165, 1.54) is 0 Å². The molecule has 0 aromatic heterocycles. The molecule has 58 valence electrons. The van der Waals surface area contributed by atoms with Crippen molar-refractivity contribution in [3.8, 4) is 0 Å². The first kappa shape index (κ1) is 8.02. The summed E-state index contributed by atoms with van der Waals surface area (Å²) in [5.74, 6) is 0. The molecule has 0 fully saturated rings. The van der Waals surface area contributed by atoms with Gasteiger partial charge in [-0.15, -0.1) is 0 Å². The van der Waals surface area contributed by atoms with Gasteiger partial charge in [-0.1, -0.05) is 36.9 Å². The topological polar surface area (TPSA) is 26.0 Å². The Morgan fingerprint density at radius 1 is 1.45 bits per heavy atom. The fourth-order valence-corrected chi connectivity index (χ4v) is 1.11. The van der Waals surface area contributed by atoms with E-state index < -0.39 is 0 Å². The summed E-state index contributed by atoms with van der Waals surface area (Å²) >= 11 is 0. The number of benzene rings is 1. The molecule has 0 heterocycles. The third kappa shape index (κ3) is 1.69. The van der Waals surface area contributed by atoms with E-state index in [1.807, 2.05) is 37.3 Å².